The Bertz CT molecular complexity index is 1230. The molecule has 5 aliphatic rings. The van der Waals surface area contributed by atoms with Crippen molar-refractivity contribution < 1.29 is 19.0 Å². The second-order valence-corrected chi connectivity index (χ2v) is 12.8. The molecule has 11 heteroatoms. The summed E-state index contributed by atoms with van der Waals surface area (Å²) in [5.74, 6) is -0.241. The molecule has 228 valence electrons. The van der Waals surface area contributed by atoms with Gasteiger partial charge >= 0.3 is 0 Å². The van der Waals surface area contributed by atoms with E-state index < -0.39 is 18.0 Å². The smallest absolute Gasteiger partial charge is 0.246 e. The van der Waals surface area contributed by atoms with Crippen molar-refractivity contribution in [3.8, 4) is 6.07 Å². The van der Waals surface area contributed by atoms with E-state index in [2.05, 4.69) is 40.1 Å². The third-order valence-corrected chi connectivity index (χ3v) is 10.7. The van der Waals surface area contributed by atoms with Crippen LogP contribution in [-0.4, -0.2) is 109 Å². The van der Waals surface area contributed by atoms with Crippen molar-refractivity contribution in [1.29, 1.82) is 5.26 Å². The standard InChI is InChI=1S/C31H44FN7O3/c1-4-26(40)39-16-15-38(18-20(39)11-13-33)28-22-10-12-31(27-23(32)8-5-9-25(27)37(3)29(31)41)17-24(22)34-30(35-28)42-19-21-7-6-14-36(21)2/h4-5,8-9,20-22,24,28-30,34-35,41H,1,6-7,10-12,14-19H2,2-3H3/t20-,21-,22?,24?,28?,29?,30?,31-/m1/s1. The summed E-state index contributed by atoms with van der Waals surface area (Å²) in [6.45, 7) is 7.06. The molecule has 1 saturated carbocycles. The predicted molar refractivity (Wildman–Crippen MR) is 157 cm³/mol. The number of piperazine rings is 1. The van der Waals surface area contributed by atoms with Crippen LogP contribution in [0.1, 0.15) is 44.1 Å². The van der Waals surface area contributed by atoms with Crippen LogP contribution in [0.15, 0.2) is 30.9 Å². The molecule has 3 N–H and O–H groups in total. The lowest BCUT2D eigenvalue weighted by molar-refractivity contribution is -0.137. The van der Waals surface area contributed by atoms with E-state index in [1.807, 2.05) is 18.0 Å². The van der Waals surface area contributed by atoms with Crippen molar-refractivity contribution >= 4 is 11.6 Å². The number of hydrogen-bond acceptors (Lipinski definition) is 9. The number of anilines is 1. The van der Waals surface area contributed by atoms with Gasteiger partial charge in [-0.1, -0.05) is 12.6 Å². The van der Waals surface area contributed by atoms with Crippen molar-refractivity contribution in [2.24, 2.45) is 5.92 Å². The predicted octanol–water partition coefficient (Wildman–Crippen LogP) is 1.53. The summed E-state index contributed by atoms with van der Waals surface area (Å²) in [6.07, 6.45) is 4.56. The first-order valence-corrected chi connectivity index (χ1v) is 15.3. The Balaban J connectivity index is 1.27. The van der Waals surface area contributed by atoms with Gasteiger partial charge in [0.2, 0.25) is 5.91 Å². The van der Waals surface area contributed by atoms with Crippen molar-refractivity contribution in [2.75, 3.05) is 51.8 Å². The number of carbonyl (C=O) groups is 1. The van der Waals surface area contributed by atoms with Gasteiger partial charge in [-0.2, -0.15) is 5.26 Å². The first-order chi connectivity index (χ1) is 20.3. The van der Waals surface area contributed by atoms with Crippen molar-refractivity contribution in [1.82, 2.24) is 25.3 Å². The Morgan fingerprint density at radius 3 is 2.83 bits per heavy atom. The molecule has 6 rings (SSSR count). The molecule has 1 aliphatic carbocycles. The van der Waals surface area contributed by atoms with Gasteiger partial charge in [-0.25, -0.2) is 4.39 Å². The lowest BCUT2D eigenvalue weighted by Gasteiger charge is -2.55. The molecule has 1 aromatic rings. The lowest BCUT2D eigenvalue weighted by atomic mass is 9.63. The number of aliphatic hydroxyl groups is 1. The number of nitrogens with one attached hydrogen (secondary N) is 2. The summed E-state index contributed by atoms with van der Waals surface area (Å²) >= 11 is 0. The van der Waals surface area contributed by atoms with Crippen LogP contribution >= 0.6 is 0 Å². The highest BCUT2D eigenvalue weighted by atomic mass is 19.1. The average Bonchev–Trinajstić information content (AvgIpc) is 3.50. The van der Waals surface area contributed by atoms with Crippen molar-refractivity contribution in [2.45, 2.75) is 80.8 Å². The quantitative estimate of drug-likeness (QED) is 0.431. The number of amides is 1. The number of rotatable bonds is 6. The number of likely N-dealkylation sites (N-methyl/N-ethyl adjacent to an activating group) is 2. The summed E-state index contributed by atoms with van der Waals surface area (Å²) in [4.78, 5) is 20.8. The molecule has 42 heavy (non-hydrogen) atoms. The topological polar surface area (TPSA) is 107 Å². The van der Waals surface area contributed by atoms with Crippen LogP contribution < -0.4 is 15.5 Å². The van der Waals surface area contributed by atoms with Gasteiger partial charge < -0.3 is 24.5 Å². The maximum Gasteiger partial charge on any atom is 0.246 e. The first kappa shape index (κ1) is 29.5. The molecule has 4 heterocycles. The zero-order valence-corrected chi connectivity index (χ0v) is 24.7. The van der Waals surface area contributed by atoms with Gasteiger partial charge in [-0.15, -0.1) is 0 Å². The number of aliphatic hydroxyl groups excluding tert-OH is 1. The van der Waals surface area contributed by atoms with E-state index in [4.69, 9.17) is 4.74 Å². The number of ether oxygens (including phenoxy) is 1. The van der Waals surface area contributed by atoms with Crippen molar-refractivity contribution in [3.63, 3.8) is 0 Å². The van der Waals surface area contributed by atoms with E-state index in [9.17, 15) is 15.2 Å². The van der Waals surface area contributed by atoms with Crippen LogP contribution in [-0.2, 0) is 14.9 Å². The second kappa shape index (κ2) is 11.8. The number of halogens is 1. The number of nitrogens with zero attached hydrogens (tertiary/aromatic N) is 5. The largest absolute Gasteiger partial charge is 0.373 e. The Labute approximate surface area is 248 Å². The number of hydrogen-bond donors (Lipinski definition) is 3. The van der Waals surface area contributed by atoms with Gasteiger partial charge in [-0.05, 0) is 63.9 Å². The molecule has 4 fully saturated rings. The Morgan fingerprint density at radius 2 is 2.10 bits per heavy atom. The van der Waals surface area contributed by atoms with Gasteiger partial charge in [0.15, 0.2) is 6.35 Å². The molecule has 4 aliphatic heterocycles. The minimum Gasteiger partial charge on any atom is -0.373 e. The van der Waals surface area contributed by atoms with E-state index >= 15 is 4.39 Å². The molecule has 10 nitrogen and oxygen atoms in total. The maximum absolute atomic E-state index is 15.4. The molecule has 1 amide bonds. The van der Waals surface area contributed by atoms with Crippen LogP contribution in [0.4, 0.5) is 10.1 Å². The molecule has 1 spiro atoms. The molecule has 5 unspecified atom stereocenters. The second-order valence-electron chi connectivity index (χ2n) is 12.8. The third kappa shape index (κ3) is 5.02. The van der Waals surface area contributed by atoms with Gasteiger partial charge in [0.1, 0.15) is 12.0 Å². The average molecular weight is 582 g/mol. The normalized spacial score (nSPS) is 37.0. The number of carbonyl (C=O) groups excluding carboxylic acids is 1. The summed E-state index contributed by atoms with van der Waals surface area (Å²) in [6, 6.07) is 7.47. The number of benzene rings is 1. The summed E-state index contributed by atoms with van der Waals surface area (Å²) < 4.78 is 21.9. The Kier molecular flexibility index (Phi) is 8.30. The molecule has 0 radical (unpaired) electrons. The lowest BCUT2D eigenvalue weighted by Crippen LogP contribution is -2.73. The fourth-order valence-corrected chi connectivity index (χ4v) is 8.43. The van der Waals surface area contributed by atoms with E-state index in [-0.39, 0.29) is 42.3 Å². The van der Waals surface area contributed by atoms with Crippen LogP contribution in [0.3, 0.4) is 0 Å². The molecule has 3 saturated heterocycles. The molecular weight excluding hydrogens is 537 g/mol. The minimum atomic E-state index is -0.819. The van der Waals surface area contributed by atoms with E-state index in [0.29, 0.717) is 50.7 Å². The molecule has 0 bridgehead atoms. The van der Waals surface area contributed by atoms with Crippen LogP contribution in [0, 0.1) is 23.1 Å². The van der Waals surface area contributed by atoms with Crippen LogP contribution in [0.2, 0.25) is 0 Å². The maximum atomic E-state index is 15.4. The summed E-state index contributed by atoms with van der Waals surface area (Å²) in [7, 11) is 3.97. The van der Waals surface area contributed by atoms with Gasteiger partial charge in [0.25, 0.3) is 0 Å². The third-order valence-electron chi connectivity index (χ3n) is 10.7. The molecule has 1 aromatic carbocycles. The monoisotopic (exact) mass is 581 g/mol. The first-order valence-electron chi connectivity index (χ1n) is 15.3. The van der Waals surface area contributed by atoms with E-state index in [1.165, 1.54) is 12.1 Å². The fourth-order valence-electron chi connectivity index (χ4n) is 8.43. The number of fused-ring (bicyclic) bond motifs is 3. The molecular formula is C31H44FN7O3. The highest BCUT2D eigenvalue weighted by Crippen LogP contribution is 2.54. The van der Waals surface area contributed by atoms with Crippen LogP contribution in [0.5, 0.6) is 0 Å². The van der Waals surface area contributed by atoms with E-state index in [0.717, 1.165) is 31.5 Å². The molecule has 0 aromatic heterocycles. The highest BCUT2D eigenvalue weighted by molar-refractivity contribution is 5.87. The highest BCUT2D eigenvalue weighted by Gasteiger charge is 2.57. The molecule has 8 atom stereocenters. The number of likely N-dealkylation sites (tertiary alicyclic amines) is 1. The van der Waals surface area contributed by atoms with Crippen molar-refractivity contribution in [3.05, 3.63) is 42.2 Å². The SMILES string of the molecule is C=CC(=O)N1CCN(C2NC(OC[C@H]3CCCN3C)NC3C[C@]4(CCC32)c2c(F)cccc2N(C)C4O)C[C@H]1CC#N. The minimum absolute atomic E-state index is 0.0350. The van der Waals surface area contributed by atoms with E-state index in [1.54, 1.807) is 11.0 Å². The van der Waals surface area contributed by atoms with Crippen LogP contribution in [0.25, 0.3) is 0 Å². The summed E-state index contributed by atoms with van der Waals surface area (Å²) in [5.41, 5.74) is 0.650. The van der Waals surface area contributed by atoms with Gasteiger partial charge in [0.05, 0.1) is 31.3 Å². The zero-order chi connectivity index (χ0) is 29.6. The fraction of sp³-hybridized carbons (Fsp3) is 0.677. The Hall–Kier alpha value is -2.59. The zero-order valence-electron chi connectivity index (χ0n) is 24.7. The summed E-state index contributed by atoms with van der Waals surface area (Å²) in [5, 5.41) is 28.5. The Morgan fingerprint density at radius 1 is 1.26 bits per heavy atom. The van der Waals surface area contributed by atoms with Gasteiger partial charge in [0, 0.05) is 61.3 Å². The van der Waals surface area contributed by atoms with Gasteiger partial charge in [-0.3, -0.25) is 20.3 Å². The number of nitriles is 1.